The number of sulfonamides is 1. The van der Waals surface area contributed by atoms with E-state index in [0.29, 0.717) is 32.8 Å². The van der Waals surface area contributed by atoms with E-state index in [0.717, 1.165) is 0 Å². The molecule has 10 heteroatoms. The second-order valence-electron chi connectivity index (χ2n) is 6.58. The summed E-state index contributed by atoms with van der Waals surface area (Å²) in [6.07, 6.45) is -0.501. The number of methoxy groups -OCH3 is 1. The summed E-state index contributed by atoms with van der Waals surface area (Å²) in [5, 5.41) is 15.6. The highest BCUT2D eigenvalue weighted by Gasteiger charge is 2.30. The number of carbonyl (C=O) groups is 1. The number of rotatable bonds is 6. The fourth-order valence-corrected chi connectivity index (χ4v) is 4.79. The zero-order chi connectivity index (χ0) is 19.4. The summed E-state index contributed by atoms with van der Waals surface area (Å²) in [7, 11) is -2.41. The van der Waals surface area contributed by atoms with Crippen LogP contribution in [0, 0.1) is 5.92 Å². The van der Waals surface area contributed by atoms with E-state index in [9.17, 15) is 18.3 Å². The molecule has 1 aromatic rings. The second kappa shape index (κ2) is 8.53. The summed E-state index contributed by atoms with van der Waals surface area (Å²) in [6, 6.07) is 4.34. The van der Waals surface area contributed by atoms with Gasteiger partial charge in [-0.15, -0.1) is 0 Å². The first-order chi connectivity index (χ1) is 12.9. The fourth-order valence-electron chi connectivity index (χ4n) is 3.20. The van der Waals surface area contributed by atoms with Crippen molar-refractivity contribution in [3.8, 4) is 5.75 Å². The third-order valence-corrected chi connectivity index (χ3v) is 6.76. The maximum Gasteiger partial charge on any atom is 0.251 e. The van der Waals surface area contributed by atoms with Gasteiger partial charge in [0.2, 0.25) is 10.0 Å². The highest BCUT2D eigenvalue weighted by Crippen LogP contribution is 2.28. The van der Waals surface area contributed by atoms with Crippen LogP contribution in [0.25, 0.3) is 0 Å². The maximum atomic E-state index is 13.0. The van der Waals surface area contributed by atoms with Gasteiger partial charge in [0.15, 0.2) is 0 Å². The Labute approximate surface area is 158 Å². The maximum absolute atomic E-state index is 13.0. The van der Waals surface area contributed by atoms with Crippen LogP contribution in [-0.4, -0.2) is 82.9 Å². The number of hydrogen-bond donors (Lipinski definition) is 3. The van der Waals surface area contributed by atoms with Crippen LogP contribution in [0.3, 0.4) is 0 Å². The number of β-amino-alcohol motifs (C(OH)–C–C–N with tert-alkyl or cyclic N) is 1. The molecule has 3 N–H and O–H groups in total. The van der Waals surface area contributed by atoms with Crippen molar-refractivity contribution in [2.75, 3.05) is 53.0 Å². The fraction of sp³-hybridized carbons (Fsp3) is 0.588. The number of aliphatic hydroxyl groups is 1. The van der Waals surface area contributed by atoms with Crippen molar-refractivity contribution in [3.05, 3.63) is 23.8 Å². The Bertz CT molecular complexity index is 779. The Morgan fingerprint density at radius 3 is 2.74 bits per heavy atom. The zero-order valence-electron chi connectivity index (χ0n) is 15.2. The van der Waals surface area contributed by atoms with Crippen LogP contribution in [0.2, 0.25) is 0 Å². The molecule has 1 amide bonds. The molecule has 2 atom stereocenters. The molecule has 0 bridgehead atoms. The standard InChI is InChI=1S/C17H25N3O6S/c1-25-15-3-2-12(17(22)19-10-13-9-18-11-14(13)21)8-16(15)27(23,24)20-4-6-26-7-5-20/h2-3,8,13-14,18,21H,4-7,9-11H2,1H3,(H,19,22). The molecule has 0 spiro atoms. The highest BCUT2D eigenvalue weighted by molar-refractivity contribution is 7.89. The molecule has 2 heterocycles. The monoisotopic (exact) mass is 399 g/mol. The van der Waals surface area contributed by atoms with Crippen LogP contribution in [0.15, 0.2) is 23.1 Å². The van der Waals surface area contributed by atoms with E-state index in [2.05, 4.69) is 10.6 Å². The van der Waals surface area contributed by atoms with Gasteiger partial charge in [-0.2, -0.15) is 4.31 Å². The van der Waals surface area contributed by atoms with E-state index in [1.807, 2.05) is 0 Å². The number of hydrogen-bond acceptors (Lipinski definition) is 7. The molecule has 27 heavy (non-hydrogen) atoms. The Balaban J connectivity index is 1.79. The van der Waals surface area contributed by atoms with Gasteiger partial charge in [-0.05, 0) is 18.2 Å². The van der Waals surface area contributed by atoms with Gasteiger partial charge in [0.1, 0.15) is 10.6 Å². The Hall–Kier alpha value is -1.72. The minimum absolute atomic E-state index is 0.0397. The van der Waals surface area contributed by atoms with Gasteiger partial charge < -0.3 is 25.2 Å². The molecule has 2 unspecified atom stereocenters. The van der Waals surface area contributed by atoms with Gasteiger partial charge in [-0.3, -0.25) is 4.79 Å². The van der Waals surface area contributed by atoms with E-state index < -0.39 is 22.0 Å². The topological polar surface area (TPSA) is 117 Å². The molecule has 2 saturated heterocycles. The molecule has 0 radical (unpaired) electrons. The van der Waals surface area contributed by atoms with Gasteiger partial charge in [0.05, 0.1) is 26.4 Å². The lowest BCUT2D eigenvalue weighted by molar-refractivity contribution is 0.0729. The third kappa shape index (κ3) is 4.41. The van der Waals surface area contributed by atoms with Crippen LogP contribution < -0.4 is 15.4 Å². The number of benzene rings is 1. The van der Waals surface area contributed by atoms with Crippen LogP contribution in [0.5, 0.6) is 5.75 Å². The van der Waals surface area contributed by atoms with Crippen LogP contribution >= 0.6 is 0 Å². The summed E-state index contributed by atoms with van der Waals surface area (Å²) < 4.78 is 37.7. The van der Waals surface area contributed by atoms with E-state index in [1.54, 1.807) is 0 Å². The summed E-state index contributed by atoms with van der Waals surface area (Å²) in [6.45, 7) is 2.62. The van der Waals surface area contributed by atoms with Crippen molar-refractivity contribution >= 4 is 15.9 Å². The van der Waals surface area contributed by atoms with Crippen molar-refractivity contribution in [1.29, 1.82) is 0 Å². The van der Waals surface area contributed by atoms with Crippen molar-refractivity contribution < 1.29 is 27.8 Å². The predicted molar refractivity (Wildman–Crippen MR) is 97.3 cm³/mol. The molecule has 2 aliphatic heterocycles. The summed E-state index contributed by atoms with van der Waals surface area (Å²) in [5.41, 5.74) is 0.225. The first-order valence-corrected chi connectivity index (χ1v) is 10.3. The zero-order valence-corrected chi connectivity index (χ0v) is 16.0. The lowest BCUT2D eigenvalue weighted by Crippen LogP contribution is -2.40. The van der Waals surface area contributed by atoms with E-state index in [4.69, 9.17) is 9.47 Å². The number of carbonyl (C=O) groups excluding carboxylic acids is 1. The first-order valence-electron chi connectivity index (χ1n) is 8.86. The van der Waals surface area contributed by atoms with Gasteiger partial charge in [-0.1, -0.05) is 0 Å². The third-order valence-electron chi connectivity index (χ3n) is 4.84. The van der Waals surface area contributed by atoms with Gasteiger partial charge >= 0.3 is 0 Å². The van der Waals surface area contributed by atoms with E-state index >= 15 is 0 Å². The SMILES string of the molecule is COc1ccc(C(=O)NCC2CNCC2O)cc1S(=O)(=O)N1CCOCC1. The summed E-state index contributed by atoms with van der Waals surface area (Å²) >= 11 is 0. The van der Waals surface area contributed by atoms with Gasteiger partial charge in [0.25, 0.3) is 5.91 Å². The van der Waals surface area contributed by atoms with Gasteiger partial charge in [-0.25, -0.2) is 8.42 Å². The molecular weight excluding hydrogens is 374 g/mol. The van der Waals surface area contributed by atoms with Crippen molar-refractivity contribution in [1.82, 2.24) is 14.9 Å². The number of nitrogens with zero attached hydrogens (tertiary/aromatic N) is 1. The Morgan fingerprint density at radius 2 is 2.11 bits per heavy atom. The second-order valence-corrected chi connectivity index (χ2v) is 8.48. The average Bonchev–Trinajstić information content (AvgIpc) is 3.11. The molecule has 0 aromatic heterocycles. The van der Waals surface area contributed by atoms with Crippen molar-refractivity contribution in [3.63, 3.8) is 0 Å². The van der Waals surface area contributed by atoms with E-state index in [1.165, 1.54) is 29.6 Å². The van der Waals surface area contributed by atoms with Crippen LogP contribution in [-0.2, 0) is 14.8 Å². The number of ether oxygens (including phenoxy) is 2. The minimum atomic E-state index is -3.80. The molecule has 1 aromatic carbocycles. The summed E-state index contributed by atoms with van der Waals surface area (Å²) in [5.74, 6) is -0.271. The first kappa shape index (κ1) is 20.0. The van der Waals surface area contributed by atoms with Crippen LogP contribution in [0.1, 0.15) is 10.4 Å². The predicted octanol–water partition coefficient (Wildman–Crippen LogP) is -0.974. The molecule has 150 valence electrons. The quantitative estimate of drug-likeness (QED) is 0.563. The molecule has 2 fully saturated rings. The van der Waals surface area contributed by atoms with Crippen molar-refractivity contribution in [2.45, 2.75) is 11.0 Å². The molecule has 2 aliphatic rings. The molecular formula is C17H25N3O6S. The number of amides is 1. The highest BCUT2D eigenvalue weighted by atomic mass is 32.2. The number of morpholine rings is 1. The molecule has 0 aliphatic carbocycles. The Kier molecular flexibility index (Phi) is 6.33. The average molecular weight is 399 g/mol. The number of aliphatic hydroxyl groups excluding tert-OH is 1. The molecule has 0 saturated carbocycles. The largest absolute Gasteiger partial charge is 0.495 e. The lowest BCUT2D eigenvalue weighted by atomic mass is 10.1. The summed E-state index contributed by atoms with van der Waals surface area (Å²) in [4.78, 5) is 12.4. The smallest absolute Gasteiger partial charge is 0.251 e. The minimum Gasteiger partial charge on any atom is -0.495 e. The van der Waals surface area contributed by atoms with Crippen LogP contribution in [0.4, 0.5) is 0 Å². The molecule has 9 nitrogen and oxygen atoms in total. The lowest BCUT2D eigenvalue weighted by Gasteiger charge is -2.26. The Morgan fingerprint density at radius 1 is 1.37 bits per heavy atom. The number of nitrogens with one attached hydrogen (secondary N) is 2. The molecule has 3 rings (SSSR count). The van der Waals surface area contributed by atoms with Gasteiger partial charge in [0, 0.05) is 44.2 Å². The van der Waals surface area contributed by atoms with E-state index in [-0.39, 0.29) is 35.2 Å². The normalized spacial score (nSPS) is 23.9. The van der Waals surface area contributed by atoms with Crippen molar-refractivity contribution in [2.24, 2.45) is 5.92 Å².